The smallest absolute Gasteiger partial charge is 0.326 e. The van der Waals surface area contributed by atoms with Crippen molar-refractivity contribution in [3.8, 4) is 0 Å². The van der Waals surface area contributed by atoms with Crippen molar-refractivity contribution in [1.29, 1.82) is 0 Å². The van der Waals surface area contributed by atoms with E-state index in [-0.39, 0.29) is 69.1 Å². The van der Waals surface area contributed by atoms with E-state index in [1.54, 1.807) is 115 Å². The molecule has 0 spiro atoms. The van der Waals surface area contributed by atoms with Gasteiger partial charge in [-0.2, -0.15) is 11.8 Å². The summed E-state index contributed by atoms with van der Waals surface area (Å²) in [5.74, 6) is -16.2. The van der Waals surface area contributed by atoms with Crippen molar-refractivity contribution in [2.75, 3.05) is 12.0 Å². The molecular formula is C80H109N17O18S. The van der Waals surface area contributed by atoms with Gasteiger partial charge >= 0.3 is 17.9 Å². The SMILES string of the molecule is CSCC[C@H](NC(=O)[C@H](CC(C)C)NC(=O)[C@H](CC(C)C)NC(=O)[C@H](Cc1c[nH]c2ccccc12)NC(=O)[C@H](Cc1c[nH]c2ccccc12)NC(=O)[C@@H](NC(=O)[C@H](CCC(=O)O)NC(=O)[C@H](CC(=O)O)NC(=O)[C@@H](NC(=O)[C@H](Cc1cnc[nH]1)NC(=O)[C@@H](N)Cc1c[nH]c2ccccc12)C(C)C)[C@@H](C)O)C(=O)N[C@@H](CC(C)C)C(=O)O. The lowest BCUT2D eigenvalue weighted by Crippen LogP contribution is -2.63. The quantitative estimate of drug-likeness (QED) is 0.0260. The number of benzene rings is 3. The zero-order valence-corrected chi connectivity index (χ0v) is 67.4. The number of nitrogens with one attached hydrogen (secondary N) is 15. The van der Waals surface area contributed by atoms with Gasteiger partial charge in [0.25, 0.3) is 0 Å². The summed E-state index contributed by atoms with van der Waals surface area (Å²) in [6.07, 6.45) is 4.50. The number of carbonyl (C=O) groups excluding carboxylic acids is 11. The molecule has 7 aromatic rings. The molecule has 628 valence electrons. The number of aliphatic carboxylic acids is 3. The summed E-state index contributed by atoms with van der Waals surface area (Å²) in [5, 5.41) is 71.9. The predicted molar refractivity (Wildman–Crippen MR) is 432 cm³/mol. The average Bonchev–Trinajstić information content (AvgIpc) is 1.56. The third-order valence-corrected chi connectivity index (χ3v) is 20.0. The molecule has 4 heterocycles. The zero-order valence-electron chi connectivity index (χ0n) is 66.6. The van der Waals surface area contributed by atoms with E-state index in [9.17, 15) is 78.0 Å². The highest BCUT2D eigenvalue weighted by Crippen LogP contribution is 2.24. The fraction of sp³-hybridized carbons (Fsp3) is 0.487. The van der Waals surface area contributed by atoms with Crippen LogP contribution in [0.25, 0.3) is 32.7 Å². The van der Waals surface area contributed by atoms with Gasteiger partial charge in [-0.05, 0) is 116 Å². The van der Waals surface area contributed by atoms with E-state index in [1.807, 2.05) is 24.3 Å². The topological polar surface area (TPSA) is 554 Å². The number of nitrogens with two attached hydrogens (primary N) is 1. The molecule has 0 saturated carbocycles. The number of rotatable bonds is 47. The number of aromatic amines is 4. The number of imidazole rings is 1. The van der Waals surface area contributed by atoms with Gasteiger partial charge in [-0.15, -0.1) is 0 Å². The van der Waals surface area contributed by atoms with Gasteiger partial charge in [-0.3, -0.25) is 62.3 Å². The Balaban J connectivity index is 1.12. The predicted octanol–water partition coefficient (Wildman–Crippen LogP) is 2.14. The van der Waals surface area contributed by atoms with Crippen molar-refractivity contribution in [3.05, 3.63) is 126 Å². The van der Waals surface area contributed by atoms with Crippen LogP contribution in [-0.2, 0) is 92.8 Å². The van der Waals surface area contributed by atoms with Gasteiger partial charge in [0.2, 0.25) is 65.0 Å². The lowest BCUT2D eigenvalue weighted by atomic mass is 9.98. The number of carbonyl (C=O) groups is 14. The van der Waals surface area contributed by atoms with Crippen LogP contribution >= 0.6 is 11.8 Å². The van der Waals surface area contributed by atoms with Crippen molar-refractivity contribution in [3.63, 3.8) is 0 Å². The third-order valence-electron chi connectivity index (χ3n) is 19.4. The maximum Gasteiger partial charge on any atom is 0.326 e. The summed E-state index contributed by atoms with van der Waals surface area (Å²) in [6.45, 7) is 14.9. The number of thioether (sulfide) groups is 1. The molecule has 0 aliphatic rings. The van der Waals surface area contributed by atoms with Crippen molar-refractivity contribution >= 4 is 127 Å². The van der Waals surface area contributed by atoms with E-state index in [0.29, 0.717) is 44.4 Å². The van der Waals surface area contributed by atoms with Gasteiger partial charge in [0.1, 0.15) is 66.5 Å². The van der Waals surface area contributed by atoms with Gasteiger partial charge in [-0.25, -0.2) is 9.78 Å². The summed E-state index contributed by atoms with van der Waals surface area (Å²) in [6, 6.07) is 2.89. The highest BCUT2D eigenvalue weighted by molar-refractivity contribution is 7.98. The van der Waals surface area contributed by atoms with Gasteiger partial charge in [-0.1, -0.05) is 110 Å². The standard InChI is InChI=1S/C80H109N17O18S/c1-40(2)27-58(72(106)88-57(25-26-116-10)70(104)95-64(80(114)115)29-42(5)6)90-73(107)59(28-41(3)4)91-74(108)60(31-46-36-84-54-21-15-12-18-50(46)54)92-75(109)61(32-47-37-85-55-22-16-13-19-51(47)55)93-79(113)68(44(9)98)97-71(105)56(23-24-65(99)100)87-76(110)63(34-66(101)102)94-78(112)67(43(7)8)96-77(111)62(33-48-38-82-39-86-48)89-69(103)52(81)30-45-35-83-53-20-14-11-17-49(45)53/h11-22,35-44,52,56-64,67-68,83-85,98H,23-34,81H2,1-10H3,(H,82,86)(H,87,110)(H,88,106)(H,89,103)(H,90,107)(H,91,108)(H,92,109)(H,93,113)(H,94,112)(H,95,104)(H,96,111)(H,97,105)(H,99,100)(H,101,102)(H,114,115)/t44-,52+,56+,57+,58+,59+,60+,61+,62+,63+,64+,67+,68+/m1/s1. The number of aliphatic hydroxyl groups excluding tert-OH is 1. The fourth-order valence-electron chi connectivity index (χ4n) is 13.3. The molecule has 116 heavy (non-hydrogen) atoms. The molecule has 0 radical (unpaired) electrons. The number of nitrogens with zero attached hydrogens (tertiary/aromatic N) is 1. The first-order valence-electron chi connectivity index (χ1n) is 38.6. The Labute approximate surface area is 674 Å². The summed E-state index contributed by atoms with van der Waals surface area (Å²) >= 11 is 1.39. The summed E-state index contributed by atoms with van der Waals surface area (Å²) in [7, 11) is 0. The van der Waals surface area contributed by atoms with Crippen LogP contribution < -0.4 is 64.2 Å². The molecule has 35 nitrogen and oxygen atoms in total. The van der Waals surface area contributed by atoms with Crippen molar-refractivity contribution < 1.29 is 87.5 Å². The second-order valence-electron chi connectivity index (χ2n) is 30.6. The first kappa shape index (κ1) is 91.5. The maximum absolute atomic E-state index is 15.4. The monoisotopic (exact) mass is 1630 g/mol. The third kappa shape index (κ3) is 27.3. The van der Waals surface area contributed by atoms with Crippen LogP contribution in [-0.4, -0.2) is 219 Å². The van der Waals surface area contributed by atoms with Crippen molar-refractivity contribution in [2.24, 2.45) is 29.4 Å². The van der Waals surface area contributed by atoms with Gasteiger partial charge in [0.15, 0.2) is 0 Å². The second kappa shape index (κ2) is 43.7. The number of carboxylic acids is 3. The van der Waals surface area contributed by atoms with Crippen LogP contribution in [0.2, 0.25) is 0 Å². The van der Waals surface area contributed by atoms with E-state index in [0.717, 1.165) is 23.4 Å². The first-order valence-corrected chi connectivity index (χ1v) is 39.9. The number of aliphatic hydroxyl groups is 1. The van der Waals surface area contributed by atoms with E-state index in [4.69, 9.17) is 5.73 Å². The molecule has 0 unspecified atom stereocenters. The molecule has 13 atom stereocenters. The lowest BCUT2D eigenvalue weighted by Gasteiger charge is -2.29. The summed E-state index contributed by atoms with van der Waals surface area (Å²) < 4.78 is 0. The molecule has 7 rings (SSSR count). The molecule has 0 aliphatic carbocycles. The maximum atomic E-state index is 15.4. The molecule has 21 N–H and O–H groups in total. The average molecular weight is 1630 g/mol. The lowest BCUT2D eigenvalue weighted by molar-refractivity contribution is -0.143. The van der Waals surface area contributed by atoms with E-state index in [2.05, 4.69) is 83.4 Å². The van der Waals surface area contributed by atoms with E-state index in [1.165, 1.54) is 38.1 Å². The Bertz CT molecular complexity index is 4570. The normalized spacial score (nSPS) is 14.9. The number of carboxylic acid groups (broad SMARTS) is 3. The highest BCUT2D eigenvalue weighted by Gasteiger charge is 2.40. The van der Waals surface area contributed by atoms with E-state index < -0.39 is 187 Å². The Kier molecular flexibility index (Phi) is 34.5. The molecule has 3 aromatic carbocycles. The Morgan fingerprint density at radius 1 is 0.405 bits per heavy atom. The summed E-state index contributed by atoms with van der Waals surface area (Å²) in [5.41, 5.74) is 10.6. The molecule has 0 bridgehead atoms. The molecule has 36 heteroatoms. The van der Waals surface area contributed by atoms with Crippen molar-refractivity contribution in [2.45, 2.75) is 212 Å². The number of para-hydroxylation sites is 3. The van der Waals surface area contributed by atoms with E-state index >= 15 is 9.59 Å². The molecular weight excluding hydrogens is 1520 g/mol. The minimum absolute atomic E-state index is 0.0106. The van der Waals surface area contributed by atoms with Crippen LogP contribution in [0, 0.1) is 23.7 Å². The summed E-state index contributed by atoms with van der Waals surface area (Å²) in [4.78, 5) is 213. The number of hydrogen-bond donors (Lipinski definition) is 20. The number of fused-ring (bicyclic) bond motifs is 3. The molecule has 11 amide bonds. The number of H-pyrrole nitrogens is 4. The fourth-order valence-corrected chi connectivity index (χ4v) is 13.8. The Hall–Kier alpha value is -11.7. The molecule has 0 fully saturated rings. The van der Waals surface area contributed by atoms with Crippen LogP contribution in [0.15, 0.2) is 104 Å². The highest BCUT2D eigenvalue weighted by atomic mass is 32.2. The van der Waals surface area contributed by atoms with Crippen molar-refractivity contribution in [1.82, 2.24) is 83.4 Å². The molecule has 0 aliphatic heterocycles. The second-order valence-corrected chi connectivity index (χ2v) is 31.6. The van der Waals surface area contributed by atoms with Crippen LogP contribution in [0.5, 0.6) is 0 Å². The number of hydrogen-bond acceptors (Lipinski definition) is 18. The number of aromatic nitrogens is 5. The van der Waals surface area contributed by atoms with Crippen LogP contribution in [0.1, 0.15) is 130 Å². The van der Waals surface area contributed by atoms with Gasteiger partial charge < -0.3 is 105 Å². The Morgan fingerprint density at radius 2 is 0.767 bits per heavy atom. The largest absolute Gasteiger partial charge is 0.481 e. The molecule has 0 saturated heterocycles. The zero-order chi connectivity index (χ0) is 85.2. The number of amides is 11. The van der Waals surface area contributed by atoms with Gasteiger partial charge in [0.05, 0.1) is 24.9 Å². The first-order chi connectivity index (χ1) is 55.0. The minimum Gasteiger partial charge on any atom is -0.481 e. The van der Waals surface area contributed by atoms with Crippen LogP contribution in [0.4, 0.5) is 0 Å². The van der Waals surface area contributed by atoms with Gasteiger partial charge in [0, 0.05) is 88.9 Å². The Morgan fingerprint density at radius 3 is 1.21 bits per heavy atom. The molecule has 4 aromatic heterocycles. The van der Waals surface area contributed by atoms with Crippen LogP contribution in [0.3, 0.4) is 0 Å². The minimum atomic E-state index is -2.05.